The molecule has 30 heavy (non-hydrogen) atoms. The van der Waals surface area contributed by atoms with E-state index in [0.29, 0.717) is 18.2 Å². The molecule has 1 saturated heterocycles. The van der Waals surface area contributed by atoms with Crippen molar-refractivity contribution >= 4 is 29.9 Å². The molecule has 1 fully saturated rings. The van der Waals surface area contributed by atoms with Crippen LogP contribution in [0.4, 0.5) is 0 Å². The first kappa shape index (κ1) is 24.1. The summed E-state index contributed by atoms with van der Waals surface area (Å²) in [5.41, 5.74) is 2.44. The molecule has 0 aromatic heterocycles. The molecular formula is C23H32IN3O3. The van der Waals surface area contributed by atoms with Gasteiger partial charge >= 0.3 is 0 Å². The summed E-state index contributed by atoms with van der Waals surface area (Å²) in [7, 11) is 3.26. The van der Waals surface area contributed by atoms with Gasteiger partial charge in [0.05, 0.1) is 14.2 Å². The number of likely N-dealkylation sites (tertiary alicyclic amines) is 1. The normalized spacial score (nSPS) is 16.2. The van der Waals surface area contributed by atoms with Crippen LogP contribution in [0.3, 0.4) is 0 Å². The average Bonchev–Trinajstić information content (AvgIpc) is 3.24. The van der Waals surface area contributed by atoms with Crippen molar-refractivity contribution in [3.63, 3.8) is 0 Å². The van der Waals surface area contributed by atoms with Crippen molar-refractivity contribution < 1.29 is 14.6 Å². The Kier molecular flexibility index (Phi) is 9.55. The van der Waals surface area contributed by atoms with Crippen LogP contribution >= 0.6 is 24.0 Å². The summed E-state index contributed by atoms with van der Waals surface area (Å²) >= 11 is 0. The van der Waals surface area contributed by atoms with E-state index in [1.165, 1.54) is 5.56 Å². The summed E-state index contributed by atoms with van der Waals surface area (Å²) in [5, 5.41) is 13.2. The number of phenols is 1. The zero-order valence-electron chi connectivity index (χ0n) is 17.9. The van der Waals surface area contributed by atoms with E-state index in [0.717, 1.165) is 49.7 Å². The number of nitrogens with one attached hydrogen (secondary N) is 1. The van der Waals surface area contributed by atoms with Gasteiger partial charge in [-0.2, -0.15) is 0 Å². The van der Waals surface area contributed by atoms with E-state index in [9.17, 15) is 5.11 Å². The number of hydrogen-bond acceptors (Lipinski definition) is 4. The second kappa shape index (κ2) is 11.9. The topological polar surface area (TPSA) is 66.3 Å². The first-order valence-electron chi connectivity index (χ1n) is 10.2. The van der Waals surface area contributed by atoms with Crippen LogP contribution in [-0.4, -0.2) is 56.4 Å². The number of ether oxygens (including phenoxy) is 2. The van der Waals surface area contributed by atoms with Crippen LogP contribution in [-0.2, 0) is 6.42 Å². The van der Waals surface area contributed by atoms with Gasteiger partial charge in [0.25, 0.3) is 0 Å². The highest BCUT2D eigenvalue weighted by molar-refractivity contribution is 14.0. The fourth-order valence-electron chi connectivity index (χ4n) is 3.70. The molecule has 0 saturated carbocycles. The van der Waals surface area contributed by atoms with Crippen LogP contribution in [0.1, 0.15) is 30.4 Å². The van der Waals surface area contributed by atoms with E-state index in [2.05, 4.69) is 29.3 Å². The van der Waals surface area contributed by atoms with Gasteiger partial charge in [-0.25, -0.2) is 0 Å². The third-order valence-corrected chi connectivity index (χ3v) is 5.32. The highest BCUT2D eigenvalue weighted by atomic mass is 127. The number of hydrogen-bond donors (Lipinski definition) is 2. The molecule has 0 amide bonds. The van der Waals surface area contributed by atoms with Crippen molar-refractivity contribution in [2.24, 2.45) is 4.99 Å². The Bertz CT molecular complexity index is 827. The fourth-order valence-corrected chi connectivity index (χ4v) is 3.70. The van der Waals surface area contributed by atoms with Gasteiger partial charge in [0, 0.05) is 32.1 Å². The number of aromatic hydroxyl groups is 1. The Balaban J connectivity index is 0.00000320. The first-order chi connectivity index (χ1) is 14.1. The van der Waals surface area contributed by atoms with Gasteiger partial charge < -0.3 is 24.8 Å². The monoisotopic (exact) mass is 525 g/mol. The van der Waals surface area contributed by atoms with Crippen molar-refractivity contribution in [2.45, 2.75) is 25.7 Å². The number of rotatable bonds is 7. The molecule has 0 spiro atoms. The lowest BCUT2D eigenvalue weighted by atomic mass is 9.98. The summed E-state index contributed by atoms with van der Waals surface area (Å²) in [6.45, 7) is 5.58. The zero-order chi connectivity index (χ0) is 20.6. The van der Waals surface area contributed by atoms with Gasteiger partial charge in [-0.15, -0.1) is 24.0 Å². The SMILES string of the molecule is CCNC(=NCCc1ccc(O)c(OC)c1)N1CCC(c2ccc(OC)cc2)C1.I. The molecule has 0 aliphatic carbocycles. The minimum absolute atomic E-state index is 0. The standard InChI is InChI=1S/C23H31N3O3.HI/c1-4-24-23(25-13-11-17-5-10-21(27)22(15-17)29-3)26-14-12-19(16-26)18-6-8-20(28-2)9-7-18;/h5-10,15,19,27H,4,11-14,16H2,1-3H3,(H,24,25);1H. The van der Waals surface area contributed by atoms with E-state index >= 15 is 0 Å². The predicted molar refractivity (Wildman–Crippen MR) is 132 cm³/mol. The van der Waals surface area contributed by atoms with Crippen molar-refractivity contribution in [2.75, 3.05) is 40.4 Å². The third kappa shape index (κ3) is 6.17. The molecule has 164 valence electrons. The molecule has 1 unspecified atom stereocenters. The van der Waals surface area contributed by atoms with Gasteiger partial charge in [0.15, 0.2) is 17.5 Å². The molecule has 1 heterocycles. The quantitative estimate of drug-likeness (QED) is 0.325. The largest absolute Gasteiger partial charge is 0.504 e. The Labute approximate surface area is 196 Å². The molecule has 1 aliphatic rings. The minimum Gasteiger partial charge on any atom is -0.504 e. The highest BCUT2D eigenvalue weighted by Crippen LogP contribution is 2.29. The van der Waals surface area contributed by atoms with E-state index < -0.39 is 0 Å². The highest BCUT2D eigenvalue weighted by Gasteiger charge is 2.26. The summed E-state index contributed by atoms with van der Waals surface area (Å²) < 4.78 is 10.5. The second-order valence-electron chi connectivity index (χ2n) is 7.20. The lowest BCUT2D eigenvalue weighted by molar-refractivity contribution is 0.373. The maximum Gasteiger partial charge on any atom is 0.193 e. The Morgan fingerprint density at radius 3 is 2.60 bits per heavy atom. The van der Waals surface area contributed by atoms with Crippen LogP contribution < -0.4 is 14.8 Å². The van der Waals surface area contributed by atoms with Gasteiger partial charge in [-0.3, -0.25) is 4.99 Å². The molecule has 2 aromatic rings. The van der Waals surface area contributed by atoms with E-state index in [-0.39, 0.29) is 29.7 Å². The number of phenolic OH excluding ortho intramolecular Hbond substituents is 1. The van der Waals surface area contributed by atoms with Crippen molar-refractivity contribution in [3.05, 3.63) is 53.6 Å². The molecule has 1 atom stereocenters. The fraction of sp³-hybridized carbons (Fsp3) is 0.435. The number of benzene rings is 2. The predicted octanol–water partition coefficient (Wildman–Crippen LogP) is 4.02. The Hall–Kier alpha value is -2.16. The first-order valence-corrected chi connectivity index (χ1v) is 10.2. The minimum atomic E-state index is 0. The maximum atomic E-state index is 9.73. The lowest BCUT2D eigenvalue weighted by Gasteiger charge is -2.22. The molecule has 0 bridgehead atoms. The summed E-state index contributed by atoms with van der Waals surface area (Å²) in [6.07, 6.45) is 1.91. The Morgan fingerprint density at radius 2 is 1.93 bits per heavy atom. The summed E-state index contributed by atoms with van der Waals surface area (Å²) in [6, 6.07) is 13.8. The van der Waals surface area contributed by atoms with E-state index in [1.807, 2.05) is 24.3 Å². The van der Waals surface area contributed by atoms with Crippen LogP contribution in [0.2, 0.25) is 0 Å². The second-order valence-corrected chi connectivity index (χ2v) is 7.20. The summed E-state index contributed by atoms with van der Waals surface area (Å²) in [4.78, 5) is 7.18. The molecule has 0 radical (unpaired) electrons. The third-order valence-electron chi connectivity index (χ3n) is 5.32. The van der Waals surface area contributed by atoms with Crippen molar-refractivity contribution in [1.29, 1.82) is 0 Å². The van der Waals surface area contributed by atoms with E-state index in [1.54, 1.807) is 20.3 Å². The number of guanidine groups is 1. The van der Waals surface area contributed by atoms with Crippen LogP contribution in [0, 0.1) is 0 Å². The van der Waals surface area contributed by atoms with Crippen LogP contribution in [0.15, 0.2) is 47.5 Å². The molecule has 2 N–H and O–H groups in total. The molecule has 1 aliphatic heterocycles. The molecule has 7 heteroatoms. The molecule has 6 nitrogen and oxygen atoms in total. The maximum absolute atomic E-state index is 9.73. The molecular weight excluding hydrogens is 493 g/mol. The van der Waals surface area contributed by atoms with Crippen molar-refractivity contribution in [3.8, 4) is 17.2 Å². The van der Waals surface area contributed by atoms with Gasteiger partial charge in [-0.1, -0.05) is 18.2 Å². The van der Waals surface area contributed by atoms with Crippen LogP contribution in [0.5, 0.6) is 17.2 Å². The smallest absolute Gasteiger partial charge is 0.193 e. The van der Waals surface area contributed by atoms with Gasteiger partial charge in [-0.05, 0) is 55.2 Å². The molecule has 2 aromatic carbocycles. The Morgan fingerprint density at radius 1 is 1.17 bits per heavy atom. The van der Waals surface area contributed by atoms with Crippen molar-refractivity contribution in [1.82, 2.24) is 10.2 Å². The lowest BCUT2D eigenvalue weighted by Crippen LogP contribution is -2.40. The average molecular weight is 525 g/mol. The van der Waals surface area contributed by atoms with Gasteiger partial charge in [0.1, 0.15) is 5.75 Å². The summed E-state index contributed by atoms with van der Waals surface area (Å²) in [5.74, 6) is 3.03. The number of aliphatic imine (C=N–C) groups is 1. The van der Waals surface area contributed by atoms with Gasteiger partial charge in [0.2, 0.25) is 0 Å². The number of halogens is 1. The number of methoxy groups -OCH3 is 2. The van der Waals surface area contributed by atoms with E-state index in [4.69, 9.17) is 14.5 Å². The van der Waals surface area contributed by atoms with Crippen LogP contribution in [0.25, 0.3) is 0 Å². The number of nitrogens with zero attached hydrogens (tertiary/aromatic N) is 2. The molecule has 3 rings (SSSR count). The zero-order valence-corrected chi connectivity index (χ0v) is 20.3.